The maximum atomic E-state index is 9.69. The Labute approximate surface area is 120 Å². The van der Waals surface area contributed by atoms with Crippen LogP contribution in [0.4, 0.5) is 0 Å². The van der Waals surface area contributed by atoms with Gasteiger partial charge in [-0.3, -0.25) is 4.68 Å². The van der Waals surface area contributed by atoms with E-state index in [9.17, 15) is 5.11 Å². The van der Waals surface area contributed by atoms with E-state index in [2.05, 4.69) is 11.2 Å². The van der Waals surface area contributed by atoms with Gasteiger partial charge in [-0.05, 0) is 45.4 Å². The molecule has 1 heterocycles. The Balaban J connectivity index is 2.51. The largest absolute Gasteiger partial charge is 0.387 e. The van der Waals surface area contributed by atoms with E-state index in [4.69, 9.17) is 5.73 Å². The second-order valence-corrected chi connectivity index (χ2v) is 5.75. The Morgan fingerprint density at radius 1 is 1.35 bits per heavy atom. The minimum atomic E-state index is -0.560. The number of rotatable bonds is 4. The van der Waals surface area contributed by atoms with Gasteiger partial charge in [-0.1, -0.05) is 18.2 Å². The molecule has 4 nitrogen and oxygen atoms in total. The maximum Gasteiger partial charge on any atom is 0.0950 e. The van der Waals surface area contributed by atoms with Crippen LogP contribution in [0.25, 0.3) is 11.3 Å². The molecule has 0 fully saturated rings. The van der Waals surface area contributed by atoms with Gasteiger partial charge in [-0.2, -0.15) is 5.10 Å². The number of benzene rings is 1. The number of nitrogens with two attached hydrogens (primary N) is 1. The van der Waals surface area contributed by atoms with E-state index in [1.807, 2.05) is 49.7 Å². The van der Waals surface area contributed by atoms with Crippen LogP contribution < -0.4 is 5.73 Å². The van der Waals surface area contributed by atoms with E-state index in [-0.39, 0.29) is 5.54 Å². The summed E-state index contributed by atoms with van der Waals surface area (Å²) in [5.74, 6) is 0. The van der Waals surface area contributed by atoms with Gasteiger partial charge in [0.15, 0.2) is 0 Å². The zero-order valence-corrected chi connectivity index (χ0v) is 12.6. The first-order valence-corrected chi connectivity index (χ1v) is 6.98. The average Bonchev–Trinajstić information content (AvgIpc) is 2.82. The molecule has 0 saturated carbocycles. The summed E-state index contributed by atoms with van der Waals surface area (Å²) in [6.07, 6.45) is -0.560. The monoisotopic (exact) mass is 273 g/mol. The molecule has 1 aromatic heterocycles. The molecule has 0 spiro atoms. The summed E-state index contributed by atoms with van der Waals surface area (Å²) in [5.41, 5.74) is 9.65. The third kappa shape index (κ3) is 2.92. The average molecular weight is 273 g/mol. The molecular formula is C16H23N3O. The SMILES string of the molecule is CCn1nc(C(C)O)cc1-c1cccc(C(C)(C)N)c1. The van der Waals surface area contributed by atoms with Gasteiger partial charge in [0.25, 0.3) is 0 Å². The van der Waals surface area contributed by atoms with E-state index < -0.39 is 6.10 Å². The molecular weight excluding hydrogens is 250 g/mol. The van der Waals surface area contributed by atoms with Crippen LogP contribution >= 0.6 is 0 Å². The van der Waals surface area contributed by atoms with Crippen LogP contribution in [-0.2, 0) is 12.1 Å². The van der Waals surface area contributed by atoms with Gasteiger partial charge < -0.3 is 10.8 Å². The van der Waals surface area contributed by atoms with Crippen molar-refractivity contribution in [3.8, 4) is 11.3 Å². The van der Waals surface area contributed by atoms with Gasteiger partial charge in [-0.25, -0.2) is 0 Å². The van der Waals surface area contributed by atoms with Crippen molar-refractivity contribution in [1.29, 1.82) is 0 Å². The number of hydrogen-bond acceptors (Lipinski definition) is 3. The number of nitrogens with zero attached hydrogens (tertiary/aromatic N) is 2. The molecule has 3 N–H and O–H groups in total. The van der Waals surface area contributed by atoms with Crippen molar-refractivity contribution in [1.82, 2.24) is 9.78 Å². The number of aliphatic hydroxyl groups is 1. The molecule has 0 amide bonds. The van der Waals surface area contributed by atoms with Crippen LogP contribution in [0.15, 0.2) is 30.3 Å². The van der Waals surface area contributed by atoms with Gasteiger partial charge in [0.05, 0.1) is 17.5 Å². The lowest BCUT2D eigenvalue weighted by Crippen LogP contribution is -2.28. The summed E-state index contributed by atoms with van der Waals surface area (Å²) in [6.45, 7) is 8.51. The van der Waals surface area contributed by atoms with Crippen LogP contribution in [0, 0.1) is 0 Å². The molecule has 1 atom stereocenters. The van der Waals surface area contributed by atoms with Crippen molar-refractivity contribution >= 4 is 0 Å². The molecule has 1 unspecified atom stereocenters. The smallest absolute Gasteiger partial charge is 0.0950 e. The van der Waals surface area contributed by atoms with Gasteiger partial charge in [0.1, 0.15) is 0 Å². The summed E-state index contributed by atoms with van der Waals surface area (Å²) < 4.78 is 1.91. The maximum absolute atomic E-state index is 9.69. The highest BCUT2D eigenvalue weighted by molar-refractivity contribution is 5.61. The van der Waals surface area contributed by atoms with Crippen LogP contribution in [0.2, 0.25) is 0 Å². The Morgan fingerprint density at radius 3 is 2.60 bits per heavy atom. The van der Waals surface area contributed by atoms with E-state index in [0.29, 0.717) is 5.69 Å². The lowest BCUT2D eigenvalue weighted by molar-refractivity contribution is 0.193. The third-order valence-electron chi connectivity index (χ3n) is 3.43. The van der Waals surface area contributed by atoms with E-state index in [0.717, 1.165) is 23.4 Å². The Morgan fingerprint density at radius 2 is 2.05 bits per heavy atom. The van der Waals surface area contributed by atoms with Crippen molar-refractivity contribution in [3.63, 3.8) is 0 Å². The quantitative estimate of drug-likeness (QED) is 0.900. The van der Waals surface area contributed by atoms with Gasteiger partial charge in [0.2, 0.25) is 0 Å². The Bertz CT molecular complexity index is 594. The summed E-state index contributed by atoms with van der Waals surface area (Å²) >= 11 is 0. The fraction of sp³-hybridized carbons (Fsp3) is 0.438. The van der Waals surface area contributed by atoms with E-state index in [1.54, 1.807) is 6.92 Å². The Kier molecular flexibility index (Phi) is 3.97. The number of hydrogen-bond donors (Lipinski definition) is 2. The molecule has 2 rings (SSSR count). The van der Waals surface area contributed by atoms with Crippen molar-refractivity contribution < 1.29 is 5.11 Å². The topological polar surface area (TPSA) is 64.1 Å². The number of aryl methyl sites for hydroxylation is 1. The van der Waals surface area contributed by atoms with Crippen molar-refractivity contribution in [2.45, 2.75) is 45.9 Å². The molecule has 0 radical (unpaired) electrons. The van der Waals surface area contributed by atoms with Gasteiger partial charge in [-0.15, -0.1) is 0 Å². The van der Waals surface area contributed by atoms with Gasteiger partial charge in [0, 0.05) is 17.6 Å². The van der Waals surface area contributed by atoms with E-state index >= 15 is 0 Å². The number of aliphatic hydroxyl groups excluding tert-OH is 1. The lowest BCUT2D eigenvalue weighted by Gasteiger charge is -2.20. The first-order chi connectivity index (χ1) is 9.32. The van der Waals surface area contributed by atoms with Crippen LogP contribution in [0.3, 0.4) is 0 Å². The highest BCUT2D eigenvalue weighted by atomic mass is 16.3. The molecule has 0 saturated heterocycles. The van der Waals surface area contributed by atoms with Crippen LogP contribution in [0.1, 0.15) is 45.1 Å². The molecule has 108 valence electrons. The highest BCUT2D eigenvalue weighted by Crippen LogP contribution is 2.27. The fourth-order valence-corrected chi connectivity index (χ4v) is 2.19. The lowest BCUT2D eigenvalue weighted by atomic mass is 9.93. The van der Waals surface area contributed by atoms with Gasteiger partial charge >= 0.3 is 0 Å². The second kappa shape index (κ2) is 5.38. The second-order valence-electron chi connectivity index (χ2n) is 5.75. The van der Waals surface area contributed by atoms with Crippen molar-refractivity contribution in [3.05, 3.63) is 41.6 Å². The zero-order valence-electron chi connectivity index (χ0n) is 12.6. The summed E-state index contributed by atoms with van der Waals surface area (Å²) in [6, 6.07) is 10.1. The predicted molar refractivity (Wildman–Crippen MR) is 81.2 cm³/mol. The standard InChI is InChI=1S/C16H23N3O/c1-5-19-15(10-14(18-19)11(2)20)12-7-6-8-13(9-12)16(3,4)17/h6-11,20H,5,17H2,1-4H3. The Hall–Kier alpha value is -1.65. The zero-order chi connectivity index (χ0) is 14.9. The fourth-order valence-electron chi connectivity index (χ4n) is 2.19. The molecule has 2 aromatic rings. The first kappa shape index (κ1) is 14.8. The summed E-state index contributed by atoms with van der Waals surface area (Å²) in [5, 5.41) is 14.1. The highest BCUT2D eigenvalue weighted by Gasteiger charge is 2.17. The molecule has 0 bridgehead atoms. The van der Waals surface area contributed by atoms with Crippen molar-refractivity contribution in [2.75, 3.05) is 0 Å². The minimum Gasteiger partial charge on any atom is -0.387 e. The van der Waals surface area contributed by atoms with Crippen LogP contribution in [0.5, 0.6) is 0 Å². The summed E-state index contributed by atoms with van der Waals surface area (Å²) in [7, 11) is 0. The minimum absolute atomic E-state index is 0.375. The van der Waals surface area contributed by atoms with Crippen LogP contribution in [-0.4, -0.2) is 14.9 Å². The normalized spacial score (nSPS) is 13.5. The van der Waals surface area contributed by atoms with E-state index in [1.165, 1.54) is 0 Å². The molecule has 20 heavy (non-hydrogen) atoms. The molecule has 0 aliphatic rings. The number of aromatic nitrogens is 2. The third-order valence-corrected chi connectivity index (χ3v) is 3.43. The molecule has 1 aromatic carbocycles. The molecule has 0 aliphatic heterocycles. The predicted octanol–water partition coefficient (Wildman–Crippen LogP) is 2.82. The summed E-state index contributed by atoms with van der Waals surface area (Å²) in [4.78, 5) is 0. The molecule has 4 heteroatoms. The first-order valence-electron chi connectivity index (χ1n) is 6.98. The van der Waals surface area contributed by atoms with Crippen molar-refractivity contribution in [2.24, 2.45) is 5.73 Å². The molecule has 0 aliphatic carbocycles.